The molecule has 0 spiro atoms. The van der Waals surface area contributed by atoms with E-state index in [1.807, 2.05) is 19.9 Å². The van der Waals surface area contributed by atoms with E-state index in [1.165, 1.54) is 0 Å². The number of carbonyl (C=O) groups is 2. The second-order valence-corrected chi connectivity index (χ2v) is 5.95. The van der Waals surface area contributed by atoms with Crippen LogP contribution in [0.1, 0.15) is 26.0 Å². The van der Waals surface area contributed by atoms with Crippen LogP contribution in [0.25, 0.3) is 0 Å². The molecule has 3 N–H and O–H groups in total. The fourth-order valence-corrected chi connectivity index (χ4v) is 2.14. The van der Waals surface area contributed by atoms with Crippen LogP contribution in [-0.2, 0) is 16.1 Å². The molecule has 0 saturated carbocycles. The molecule has 6 nitrogen and oxygen atoms in total. The van der Waals surface area contributed by atoms with Crippen molar-refractivity contribution in [3.05, 3.63) is 48.4 Å². The maximum atomic E-state index is 11.9. The van der Waals surface area contributed by atoms with Gasteiger partial charge in [0.05, 0.1) is 19.4 Å². The zero-order chi connectivity index (χ0) is 17.4. The lowest BCUT2D eigenvalue weighted by molar-refractivity contribution is -0.117. The molecule has 128 valence electrons. The average molecular weight is 329 g/mol. The van der Waals surface area contributed by atoms with Gasteiger partial charge in [-0.1, -0.05) is 13.8 Å². The van der Waals surface area contributed by atoms with Gasteiger partial charge in [0.15, 0.2) is 0 Å². The smallest absolute Gasteiger partial charge is 0.238 e. The highest BCUT2D eigenvalue weighted by Gasteiger charge is 2.06. The lowest BCUT2D eigenvalue weighted by Gasteiger charge is -2.09. The maximum Gasteiger partial charge on any atom is 0.238 e. The summed E-state index contributed by atoms with van der Waals surface area (Å²) in [6.45, 7) is 4.69. The van der Waals surface area contributed by atoms with E-state index < -0.39 is 0 Å². The predicted molar refractivity (Wildman–Crippen MR) is 93.6 cm³/mol. The van der Waals surface area contributed by atoms with E-state index in [4.69, 9.17) is 4.42 Å². The Bertz CT molecular complexity index is 649. The van der Waals surface area contributed by atoms with Crippen molar-refractivity contribution < 1.29 is 14.0 Å². The zero-order valence-corrected chi connectivity index (χ0v) is 14.0. The van der Waals surface area contributed by atoms with Gasteiger partial charge < -0.3 is 20.4 Å². The van der Waals surface area contributed by atoms with Gasteiger partial charge in [-0.15, -0.1) is 0 Å². The third-order valence-corrected chi connectivity index (χ3v) is 3.21. The van der Waals surface area contributed by atoms with E-state index in [-0.39, 0.29) is 18.4 Å². The number of furan rings is 1. The first-order valence-corrected chi connectivity index (χ1v) is 7.96. The average Bonchev–Trinajstić information content (AvgIpc) is 3.01. The van der Waals surface area contributed by atoms with Crippen molar-refractivity contribution in [2.45, 2.75) is 26.8 Å². The standard InChI is InChI=1S/C18H23N3O3/c1-13(2)10-17(22)20-14-5-7-15(8-6-14)21-18(23)12-19-11-16-4-3-9-24-16/h3-9,13,19H,10-12H2,1-2H3,(H,20,22)(H,21,23). The van der Waals surface area contributed by atoms with E-state index in [1.54, 1.807) is 36.6 Å². The Morgan fingerprint density at radius 2 is 1.62 bits per heavy atom. The highest BCUT2D eigenvalue weighted by atomic mass is 16.3. The van der Waals surface area contributed by atoms with Crippen LogP contribution in [-0.4, -0.2) is 18.4 Å². The monoisotopic (exact) mass is 329 g/mol. The highest BCUT2D eigenvalue weighted by molar-refractivity contribution is 5.93. The van der Waals surface area contributed by atoms with Crippen molar-refractivity contribution in [3.8, 4) is 0 Å². The number of hydrogen-bond acceptors (Lipinski definition) is 4. The molecular weight excluding hydrogens is 306 g/mol. The SMILES string of the molecule is CC(C)CC(=O)Nc1ccc(NC(=O)CNCc2ccco2)cc1. The summed E-state index contributed by atoms with van der Waals surface area (Å²) in [6, 6.07) is 10.7. The number of amides is 2. The van der Waals surface area contributed by atoms with E-state index in [2.05, 4.69) is 16.0 Å². The lowest BCUT2D eigenvalue weighted by Crippen LogP contribution is -2.27. The first-order valence-electron chi connectivity index (χ1n) is 7.96. The minimum Gasteiger partial charge on any atom is -0.468 e. The molecule has 0 aliphatic carbocycles. The Morgan fingerprint density at radius 1 is 1.00 bits per heavy atom. The Labute approximate surface area is 141 Å². The Kier molecular flexibility index (Phi) is 6.57. The molecule has 0 atom stereocenters. The summed E-state index contributed by atoms with van der Waals surface area (Å²) in [4.78, 5) is 23.6. The summed E-state index contributed by atoms with van der Waals surface area (Å²) < 4.78 is 5.17. The summed E-state index contributed by atoms with van der Waals surface area (Å²) in [6.07, 6.45) is 2.08. The van der Waals surface area contributed by atoms with Gasteiger partial charge in [0, 0.05) is 17.8 Å². The molecule has 0 radical (unpaired) electrons. The molecule has 0 fully saturated rings. The molecule has 2 rings (SSSR count). The molecule has 1 aromatic carbocycles. The number of nitrogens with one attached hydrogen (secondary N) is 3. The van der Waals surface area contributed by atoms with Gasteiger partial charge in [-0.05, 0) is 42.3 Å². The first-order chi connectivity index (χ1) is 11.5. The lowest BCUT2D eigenvalue weighted by atomic mass is 10.1. The normalized spacial score (nSPS) is 10.6. The van der Waals surface area contributed by atoms with Gasteiger partial charge in [-0.25, -0.2) is 0 Å². The molecule has 0 aliphatic heterocycles. The number of benzene rings is 1. The summed E-state index contributed by atoms with van der Waals surface area (Å²) >= 11 is 0. The fraction of sp³-hybridized carbons (Fsp3) is 0.333. The van der Waals surface area contributed by atoms with Gasteiger partial charge in [0.25, 0.3) is 0 Å². The van der Waals surface area contributed by atoms with Crippen LogP contribution >= 0.6 is 0 Å². The topological polar surface area (TPSA) is 83.4 Å². The molecule has 0 unspecified atom stereocenters. The molecule has 0 saturated heterocycles. The maximum absolute atomic E-state index is 11.9. The van der Waals surface area contributed by atoms with Gasteiger partial charge >= 0.3 is 0 Å². The fourth-order valence-electron chi connectivity index (χ4n) is 2.14. The van der Waals surface area contributed by atoms with Crippen LogP contribution in [0.3, 0.4) is 0 Å². The molecule has 2 aromatic rings. The van der Waals surface area contributed by atoms with Gasteiger partial charge in [-0.2, -0.15) is 0 Å². The Hall–Kier alpha value is -2.60. The van der Waals surface area contributed by atoms with Gasteiger partial charge in [-0.3, -0.25) is 9.59 Å². The van der Waals surface area contributed by atoms with Crippen LogP contribution in [0.2, 0.25) is 0 Å². The number of hydrogen-bond donors (Lipinski definition) is 3. The van der Waals surface area contributed by atoms with E-state index in [0.29, 0.717) is 24.6 Å². The van der Waals surface area contributed by atoms with Crippen molar-refractivity contribution in [1.29, 1.82) is 0 Å². The molecule has 2 amide bonds. The largest absolute Gasteiger partial charge is 0.468 e. The van der Waals surface area contributed by atoms with Crippen LogP contribution in [0, 0.1) is 5.92 Å². The third kappa shape index (κ3) is 6.26. The van der Waals surface area contributed by atoms with E-state index in [9.17, 15) is 9.59 Å². The summed E-state index contributed by atoms with van der Waals surface area (Å²) in [5.74, 6) is 0.948. The van der Waals surface area contributed by atoms with Gasteiger partial charge in [0.2, 0.25) is 11.8 Å². The molecule has 24 heavy (non-hydrogen) atoms. The van der Waals surface area contributed by atoms with E-state index >= 15 is 0 Å². The first kappa shape index (κ1) is 17.7. The second-order valence-electron chi connectivity index (χ2n) is 5.95. The highest BCUT2D eigenvalue weighted by Crippen LogP contribution is 2.14. The predicted octanol–water partition coefficient (Wildman–Crippen LogP) is 2.99. The van der Waals surface area contributed by atoms with Crippen LogP contribution in [0.15, 0.2) is 47.1 Å². The molecule has 0 bridgehead atoms. The Balaban J connectivity index is 1.74. The van der Waals surface area contributed by atoms with Crippen molar-refractivity contribution in [2.24, 2.45) is 5.92 Å². The molecule has 1 aromatic heterocycles. The van der Waals surface area contributed by atoms with E-state index in [0.717, 1.165) is 11.4 Å². The third-order valence-electron chi connectivity index (χ3n) is 3.21. The van der Waals surface area contributed by atoms with Crippen LogP contribution < -0.4 is 16.0 Å². The van der Waals surface area contributed by atoms with Crippen molar-refractivity contribution >= 4 is 23.2 Å². The summed E-state index contributed by atoms with van der Waals surface area (Å²) in [7, 11) is 0. The molecule has 1 heterocycles. The number of carbonyl (C=O) groups excluding carboxylic acids is 2. The number of anilines is 2. The van der Waals surface area contributed by atoms with Crippen LogP contribution in [0.4, 0.5) is 11.4 Å². The Morgan fingerprint density at radius 3 is 2.17 bits per heavy atom. The minimum absolute atomic E-state index is 0.0103. The van der Waals surface area contributed by atoms with Gasteiger partial charge in [0.1, 0.15) is 5.76 Å². The van der Waals surface area contributed by atoms with Crippen molar-refractivity contribution in [2.75, 3.05) is 17.2 Å². The quantitative estimate of drug-likeness (QED) is 0.695. The van der Waals surface area contributed by atoms with Crippen molar-refractivity contribution in [1.82, 2.24) is 5.32 Å². The van der Waals surface area contributed by atoms with Crippen LogP contribution in [0.5, 0.6) is 0 Å². The molecule has 6 heteroatoms. The minimum atomic E-state index is -0.141. The van der Waals surface area contributed by atoms with Crippen molar-refractivity contribution in [3.63, 3.8) is 0 Å². The number of rotatable bonds is 8. The summed E-state index contributed by atoms with van der Waals surface area (Å²) in [5, 5.41) is 8.62. The zero-order valence-electron chi connectivity index (χ0n) is 14.0. The second kappa shape index (κ2) is 8.88. The molecule has 0 aliphatic rings. The summed E-state index contributed by atoms with van der Waals surface area (Å²) in [5.41, 5.74) is 1.40. The molecular formula is C18H23N3O3.